The van der Waals surface area contributed by atoms with Crippen LogP contribution < -0.4 is 10.1 Å². The summed E-state index contributed by atoms with van der Waals surface area (Å²) in [6, 6.07) is 12.7. The first-order valence-electron chi connectivity index (χ1n) is 10.9. The van der Waals surface area contributed by atoms with Crippen LogP contribution in [0.3, 0.4) is 0 Å². The predicted molar refractivity (Wildman–Crippen MR) is 120 cm³/mol. The van der Waals surface area contributed by atoms with Gasteiger partial charge in [-0.15, -0.1) is 0 Å². The zero-order chi connectivity index (χ0) is 21.3. The van der Waals surface area contributed by atoms with Crippen molar-refractivity contribution in [3.8, 4) is 5.75 Å². The summed E-state index contributed by atoms with van der Waals surface area (Å²) in [5, 5.41) is 3.07. The predicted octanol–water partition coefficient (Wildman–Crippen LogP) is 3.72. The third kappa shape index (κ3) is 6.46. The number of hydrogen-bond donors (Lipinski definition) is 1. The highest BCUT2D eigenvalue weighted by Crippen LogP contribution is 2.20. The zero-order valence-corrected chi connectivity index (χ0v) is 18.4. The van der Waals surface area contributed by atoms with Crippen molar-refractivity contribution in [3.63, 3.8) is 0 Å². The zero-order valence-electron chi connectivity index (χ0n) is 18.4. The molecule has 2 heterocycles. The van der Waals surface area contributed by atoms with Gasteiger partial charge in [-0.05, 0) is 62.4 Å². The van der Waals surface area contributed by atoms with Crippen molar-refractivity contribution in [2.24, 2.45) is 0 Å². The molecule has 1 saturated heterocycles. The van der Waals surface area contributed by atoms with Crippen molar-refractivity contribution in [1.29, 1.82) is 0 Å². The first-order chi connectivity index (χ1) is 14.5. The van der Waals surface area contributed by atoms with E-state index in [1.54, 1.807) is 13.3 Å². The summed E-state index contributed by atoms with van der Waals surface area (Å²) < 4.78 is 5.23. The molecule has 1 aliphatic heterocycles. The number of hydrogen-bond acceptors (Lipinski definition) is 4. The second-order valence-corrected chi connectivity index (χ2v) is 8.26. The van der Waals surface area contributed by atoms with E-state index in [0.717, 1.165) is 50.2 Å². The molecule has 162 valence electrons. The maximum atomic E-state index is 12.9. The SMILES string of the molecule is COc1ccc(CCN2CCC(N(Cc3cccnc3)C(=O)NC(C)C)CC2)cc1. The third-order valence-electron chi connectivity index (χ3n) is 5.62. The van der Waals surface area contributed by atoms with E-state index >= 15 is 0 Å². The lowest BCUT2D eigenvalue weighted by molar-refractivity contribution is 0.116. The fourth-order valence-electron chi connectivity index (χ4n) is 3.92. The average Bonchev–Trinajstić information content (AvgIpc) is 2.77. The van der Waals surface area contributed by atoms with Crippen molar-refractivity contribution in [3.05, 3.63) is 59.9 Å². The van der Waals surface area contributed by atoms with Gasteiger partial charge in [0.15, 0.2) is 0 Å². The number of piperidine rings is 1. The Bertz CT molecular complexity index is 772. The average molecular weight is 411 g/mol. The van der Waals surface area contributed by atoms with Gasteiger partial charge < -0.3 is 19.9 Å². The Kier molecular flexibility index (Phi) is 8.08. The lowest BCUT2D eigenvalue weighted by atomic mass is 10.0. The molecule has 0 radical (unpaired) electrons. The van der Waals surface area contributed by atoms with Gasteiger partial charge in [0, 0.05) is 50.7 Å². The first-order valence-corrected chi connectivity index (χ1v) is 10.9. The maximum absolute atomic E-state index is 12.9. The fraction of sp³-hybridized carbons (Fsp3) is 0.500. The van der Waals surface area contributed by atoms with Crippen LogP contribution in [0, 0.1) is 0 Å². The summed E-state index contributed by atoms with van der Waals surface area (Å²) >= 11 is 0. The van der Waals surface area contributed by atoms with Crippen LogP contribution in [0.25, 0.3) is 0 Å². The number of ether oxygens (including phenoxy) is 1. The Balaban J connectivity index is 1.54. The van der Waals surface area contributed by atoms with Gasteiger partial charge in [-0.1, -0.05) is 18.2 Å². The molecule has 1 aromatic heterocycles. The Morgan fingerprint density at radius 2 is 1.93 bits per heavy atom. The smallest absolute Gasteiger partial charge is 0.318 e. The van der Waals surface area contributed by atoms with Gasteiger partial charge in [-0.25, -0.2) is 4.79 Å². The van der Waals surface area contributed by atoms with E-state index in [4.69, 9.17) is 4.74 Å². The molecule has 6 nitrogen and oxygen atoms in total. The van der Waals surface area contributed by atoms with Gasteiger partial charge in [-0.3, -0.25) is 4.98 Å². The van der Waals surface area contributed by atoms with Crippen LogP contribution in [0.15, 0.2) is 48.8 Å². The van der Waals surface area contributed by atoms with Gasteiger partial charge in [0.2, 0.25) is 0 Å². The number of nitrogens with one attached hydrogen (secondary N) is 1. The molecule has 1 aliphatic rings. The highest BCUT2D eigenvalue weighted by Gasteiger charge is 2.28. The minimum atomic E-state index is 0.0190. The molecular formula is C24H34N4O2. The number of carbonyl (C=O) groups is 1. The molecule has 2 amide bonds. The molecule has 6 heteroatoms. The van der Waals surface area contributed by atoms with Crippen LogP contribution in [-0.4, -0.2) is 59.6 Å². The quantitative estimate of drug-likeness (QED) is 0.721. The number of urea groups is 1. The molecule has 0 bridgehead atoms. The Labute approximate surface area is 180 Å². The van der Waals surface area contributed by atoms with E-state index in [9.17, 15) is 4.79 Å². The maximum Gasteiger partial charge on any atom is 0.318 e. The molecule has 3 rings (SSSR count). The number of nitrogens with zero attached hydrogens (tertiary/aromatic N) is 3. The van der Waals surface area contributed by atoms with Gasteiger partial charge in [0.25, 0.3) is 0 Å². The second kappa shape index (κ2) is 11.0. The molecule has 1 aromatic carbocycles. The normalized spacial score (nSPS) is 15.2. The molecule has 1 N–H and O–H groups in total. The van der Waals surface area contributed by atoms with Crippen LogP contribution >= 0.6 is 0 Å². The number of aromatic nitrogens is 1. The standard InChI is InChI=1S/C24H34N4O2/c1-19(2)26-24(29)28(18-21-5-4-13-25-17-21)22-11-15-27(16-12-22)14-10-20-6-8-23(30-3)9-7-20/h4-9,13,17,19,22H,10-12,14-16,18H2,1-3H3,(H,26,29). The van der Waals surface area contributed by atoms with Gasteiger partial charge in [0.1, 0.15) is 5.75 Å². The topological polar surface area (TPSA) is 57.7 Å². The minimum Gasteiger partial charge on any atom is -0.497 e. The van der Waals surface area contributed by atoms with E-state index in [2.05, 4.69) is 27.3 Å². The number of pyridine rings is 1. The monoisotopic (exact) mass is 410 g/mol. The van der Waals surface area contributed by atoms with E-state index in [0.29, 0.717) is 6.54 Å². The fourth-order valence-corrected chi connectivity index (χ4v) is 3.92. The van der Waals surface area contributed by atoms with E-state index in [1.165, 1.54) is 5.56 Å². The second-order valence-electron chi connectivity index (χ2n) is 8.26. The van der Waals surface area contributed by atoms with Crippen molar-refractivity contribution >= 4 is 6.03 Å². The number of carbonyl (C=O) groups excluding carboxylic acids is 1. The number of methoxy groups -OCH3 is 1. The molecule has 0 saturated carbocycles. The molecule has 2 aromatic rings. The lowest BCUT2D eigenvalue weighted by Gasteiger charge is -2.39. The van der Waals surface area contributed by atoms with Crippen LogP contribution in [-0.2, 0) is 13.0 Å². The molecule has 0 atom stereocenters. The summed E-state index contributed by atoms with van der Waals surface area (Å²) in [6.45, 7) is 7.67. The van der Waals surface area contributed by atoms with Gasteiger partial charge >= 0.3 is 6.03 Å². The van der Waals surface area contributed by atoms with Crippen molar-refractivity contribution in [2.45, 2.75) is 51.7 Å². The molecule has 30 heavy (non-hydrogen) atoms. The summed E-state index contributed by atoms with van der Waals surface area (Å²) in [5.41, 5.74) is 2.39. The van der Waals surface area contributed by atoms with Crippen LogP contribution in [0.4, 0.5) is 4.79 Å². The van der Waals surface area contributed by atoms with Crippen molar-refractivity contribution in [1.82, 2.24) is 20.1 Å². The van der Waals surface area contributed by atoms with Crippen LogP contribution in [0.1, 0.15) is 37.8 Å². The number of benzene rings is 1. The summed E-state index contributed by atoms with van der Waals surface area (Å²) in [4.78, 5) is 21.6. The summed E-state index contributed by atoms with van der Waals surface area (Å²) in [7, 11) is 1.69. The Morgan fingerprint density at radius 1 is 1.20 bits per heavy atom. The molecule has 0 spiro atoms. The minimum absolute atomic E-state index is 0.0190. The number of rotatable bonds is 8. The van der Waals surface area contributed by atoms with Crippen LogP contribution in [0.5, 0.6) is 5.75 Å². The number of likely N-dealkylation sites (tertiary alicyclic amines) is 1. The van der Waals surface area contributed by atoms with Crippen molar-refractivity contribution in [2.75, 3.05) is 26.7 Å². The highest BCUT2D eigenvalue weighted by molar-refractivity contribution is 5.74. The lowest BCUT2D eigenvalue weighted by Crippen LogP contribution is -2.51. The van der Waals surface area contributed by atoms with Gasteiger partial charge in [-0.2, -0.15) is 0 Å². The van der Waals surface area contributed by atoms with E-state index in [-0.39, 0.29) is 18.1 Å². The Hall–Kier alpha value is -2.60. The third-order valence-corrected chi connectivity index (χ3v) is 5.62. The summed E-state index contributed by atoms with van der Waals surface area (Å²) in [6.07, 6.45) is 6.63. The van der Waals surface area contributed by atoms with E-state index in [1.807, 2.05) is 49.2 Å². The largest absolute Gasteiger partial charge is 0.497 e. The Morgan fingerprint density at radius 3 is 2.53 bits per heavy atom. The van der Waals surface area contributed by atoms with Gasteiger partial charge in [0.05, 0.1) is 7.11 Å². The molecule has 0 aliphatic carbocycles. The first kappa shape index (κ1) is 22.1. The molecule has 0 unspecified atom stereocenters. The molecular weight excluding hydrogens is 376 g/mol. The molecule has 1 fully saturated rings. The number of amides is 2. The van der Waals surface area contributed by atoms with Crippen molar-refractivity contribution < 1.29 is 9.53 Å². The van der Waals surface area contributed by atoms with E-state index < -0.39 is 0 Å². The summed E-state index contributed by atoms with van der Waals surface area (Å²) in [5.74, 6) is 0.896. The highest BCUT2D eigenvalue weighted by atomic mass is 16.5. The van der Waals surface area contributed by atoms with Crippen LogP contribution in [0.2, 0.25) is 0 Å².